The second-order valence-electron chi connectivity index (χ2n) is 5.48. The van der Waals surface area contributed by atoms with Crippen molar-refractivity contribution in [2.45, 2.75) is 60.3 Å². The maximum atomic E-state index is 4.75. The zero-order valence-electron chi connectivity index (χ0n) is 12.1. The molecule has 0 saturated heterocycles. The number of aromatic nitrogens is 1. The van der Waals surface area contributed by atoms with Gasteiger partial charge in [-0.3, -0.25) is 4.98 Å². The smallest absolute Gasteiger partial charge is 0.0409 e. The average molecular weight is 233 g/mol. The van der Waals surface area contributed by atoms with Crippen LogP contribution >= 0.6 is 0 Å². The van der Waals surface area contributed by atoms with Gasteiger partial charge in [0, 0.05) is 11.4 Å². The topological polar surface area (TPSA) is 12.9 Å². The first-order chi connectivity index (χ1) is 8.06. The van der Waals surface area contributed by atoms with Crippen molar-refractivity contribution in [3.8, 4) is 0 Å². The van der Waals surface area contributed by atoms with Gasteiger partial charge in [-0.25, -0.2) is 0 Å². The van der Waals surface area contributed by atoms with Gasteiger partial charge in [0.2, 0.25) is 0 Å². The van der Waals surface area contributed by atoms with Gasteiger partial charge in [-0.2, -0.15) is 0 Å². The van der Waals surface area contributed by atoms with Crippen molar-refractivity contribution in [2.24, 2.45) is 11.8 Å². The van der Waals surface area contributed by atoms with Crippen LogP contribution in [0.2, 0.25) is 0 Å². The Bertz CT molecular complexity index is 343. The third-order valence-electron chi connectivity index (χ3n) is 3.77. The Morgan fingerprint density at radius 1 is 1.00 bits per heavy atom. The number of hydrogen-bond acceptors (Lipinski definition) is 1. The molecule has 0 bridgehead atoms. The molecule has 96 valence electrons. The van der Waals surface area contributed by atoms with Crippen molar-refractivity contribution in [1.82, 2.24) is 4.98 Å². The van der Waals surface area contributed by atoms with Crippen LogP contribution in [0.25, 0.3) is 0 Å². The van der Waals surface area contributed by atoms with Crippen molar-refractivity contribution >= 4 is 0 Å². The Balaban J connectivity index is 2.72. The molecule has 17 heavy (non-hydrogen) atoms. The van der Waals surface area contributed by atoms with Crippen molar-refractivity contribution < 1.29 is 0 Å². The summed E-state index contributed by atoms with van der Waals surface area (Å²) in [7, 11) is 0. The summed E-state index contributed by atoms with van der Waals surface area (Å²) in [6.07, 6.45) is 4.75. The molecule has 2 unspecified atom stereocenters. The van der Waals surface area contributed by atoms with Crippen LogP contribution in [0.15, 0.2) is 12.1 Å². The Kier molecular flexibility index (Phi) is 5.67. The minimum Gasteiger partial charge on any atom is -0.258 e. The van der Waals surface area contributed by atoms with Gasteiger partial charge in [0.15, 0.2) is 0 Å². The fraction of sp³-hybridized carbons (Fsp3) is 0.688. The maximum Gasteiger partial charge on any atom is 0.0409 e. The van der Waals surface area contributed by atoms with E-state index in [0.29, 0.717) is 0 Å². The molecule has 0 N–H and O–H groups in total. The van der Waals surface area contributed by atoms with E-state index < -0.39 is 0 Å². The molecule has 0 fully saturated rings. The Morgan fingerprint density at radius 2 is 1.59 bits per heavy atom. The first-order valence-electron chi connectivity index (χ1n) is 7.02. The van der Waals surface area contributed by atoms with Crippen LogP contribution in [0.4, 0.5) is 0 Å². The van der Waals surface area contributed by atoms with E-state index in [1.807, 2.05) is 0 Å². The minimum atomic E-state index is 0.738. The second kappa shape index (κ2) is 6.78. The van der Waals surface area contributed by atoms with Crippen LogP contribution in [0, 0.1) is 18.8 Å². The summed E-state index contributed by atoms with van der Waals surface area (Å²) in [6.45, 7) is 11.3. The molecule has 1 heteroatoms. The Labute approximate surface area is 107 Å². The predicted molar refractivity (Wildman–Crippen MR) is 75.3 cm³/mol. The maximum absolute atomic E-state index is 4.75. The highest BCUT2D eigenvalue weighted by atomic mass is 14.7. The standard InChI is InChI=1S/C16H27N/c1-6-12(3)10-15-8-9-16(17-14(15)5)11-13(4)7-2/h8-9,12-13H,6-7,10-11H2,1-5H3. The van der Waals surface area contributed by atoms with E-state index in [-0.39, 0.29) is 0 Å². The third-order valence-corrected chi connectivity index (χ3v) is 3.77. The third kappa shape index (κ3) is 4.49. The summed E-state index contributed by atoms with van der Waals surface area (Å²) >= 11 is 0. The first-order valence-corrected chi connectivity index (χ1v) is 7.02. The number of hydrogen-bond donors (Lipinski definition) is 0. The van der Waals surface area contributed by atoms with E-state index in [1.54, 1.807) is 0 Å². The van der Waals surface area contributed by atoms with Crippen LogP contribution in [-0.4, -0.2) is 4.98 Å². The normalized spacial score (nSPS) is 14.6. The summed E-state index contributed by atoms with van der Waals surface area (Å²) in [4.78, 5) is 4.75. The molecule has 0 saturated carbocycles. The molecular formula is C16H27N. The molecule has 0 aliphatic rings. The molecule has 0 radical (unpaired) electrons. The summed E-state index contributed by atoms with van der Waals surface area (Å²) in [6, 6.07) is 4.50. The van der Waals surface area contributed by atoms with Crippen LogP contribution in [-0.2, 0) is 12.8 Å². The zero-order valence-corrected chi connectivity index (χ0v) is 12.1. The lowest BCUT2D eigenvalue weighted by atomic mass is 9.96. The van der Waals surface area contributed by atoms with E-state index in [9.17, 15) is 0 Å². The molecule has 1 aromatic rings. The molecule has 1 aromatic heterocycles. The molecule has 0 aliphatic carbocycles. The molecule has 1 rings (SSSR count). The summed E-state index contributed by atoms with van der Waals surface area (Å²) in [5.74, 6) is 1.50. The van der Waals surface area contributed by atoms with Gasteiger partial charge >= 0.3 is 0 Å². The summed E-state index contributed by atoms with van der Waals surface area (Å²) in [5, 5.41) is 0. The molecule has 0 amide bonds. The number of rotatable bonds is 6. The largest absolute Gasteiger partial charge is 0.258 e. The Morgan fingerprint density at radius 3 is 2.12 bits per heavy atom. The van der Waals surface area contributed by atoms with Gasteiger partial charge < -0.3 is 0 Å². The van der Waals surface area contributed by atoms with Crippen LogP contribution in [0.5, 0.6) is 0 Å². The highest BCUT2D eigenvalue weighted by molar-refractivity contribution is 5.22. The van der Waals surface area contributed by atoms with E-state index in [0.717, 1.165) is 18.3 Å². The lowest BCUT2D eigenvalue weighted by molar-refractivity contribution is 0.546. The lowest BCUT2D eigenvalue weighted by Crippen LogP contribution is -2.05. The quantitative estimate of drug-likeness (QED) is 0.701. The van der Waals surface area contributed by atoms with E-state index in [1.165, 1.54) is 36.2 Å². The highest BCUT2D eigenvalue weighted by Gasteiger charge is 2.07. The summed E-state index contributed by atoms with van der Waals surface area (Å²) in [5.41, 5.74) is 3.91. The van der Waals surface area contributed by atoms with Crippen LogP contribution in [0.1, 0.15) is 57.5 Å². The number of pyridine rings is 1. The molecule has 1 nitrogen and oxygen atoms in total. The fourth-order valence-electron chi connectivity index (χ4n) is 1.99. The predicted octanol–water partition coefficient (Wildman–Crippen LogP) is 4.57. The molecular weight excluding hydrogens is 206 g/mol. The zero-order chi connectivity index (χ0) is 12.8. The van der Waals surface area contributed by atoms with Gasteiger partial charge in [0.1, 0.15) is 0 Å². The van der Waals surface area contributed by atoms with Crippen molar-refractivity contribution in [1.29, 1.82) is 0 Å². The van der Waals surface area contributed by atoms with Crippen LogP contribution < -0.4 is 0 Å². The van der Waals surface area contributed by atoms with Gasteiger partial charge in [0.05, 0.1) is 0 Å². The first kappa shape index (κ1) is 14.2. The molecule has 1 heterocycles. The second-order valence-corrected chi connectivity index (χ2v) is 5.48. The minimum absolute atomic E-state index is 0.738. The van der Waals surface area contributed by atoms with Gasteiger partial charge in [-0.1, -0.05) is 46.6 Å². The summed E-state index contributed by atoms with van der Waals surface area (Å²) < 4.78 is 0. The molecule has 0 aliphatic heterocycles. The SMILES string of the molecule is CCC(C)Cc1ccc(CC(C)CC)c(C)n1. The van der Waals surface area contributed by atoms with Gasteiger partial charge in [0.25, 0.3) is 0 Å². The van der Waals surface area contributed by atoms with E-state index in [2.05, 4.69) is 46.8 Å². The van der Waals surface area contributed by atoms with Gasteiger partial charge in [-0.15, -0.1) is 0 Å². The monoisotopic (exact) mass is 233 g/mol. The van der Waals surface area contributed by atoms with Crippen molar-refractivity contribution in [3.63, 3.8) is 0 Å². The Hall–Kier alpha value is -0.850. The van der Waals surface area contributed by atoms with E-state index in [4.69, 9.17) is 4.98 Å². The molecule has 0 spiro atoms. The van der Waals surface area contributed by atoms with Gasteiger partial charge in [-0.05, 0) is 43.2 Å². The van der Waals surface area contributed by atoms with Crippen molar-refractivity contribution in [2.75, 3.05) is 0 Å². The van der Waals surface area contributed by atoms with E-state index >= 15 is 0 Å². The molecule has 0 aromatic carbocycles. The highest BCUT2D eigenvalue weighted by Crippen LogP contribution is 2.16. The lowest BCUT2D eigenvalue weighted by Gasteiger charge is -2.13. The molecule has 2 atom stereocenters. The average Bonchev–Trinajstić information content (AvgIpc) is 2.32. The van der Waals surface area contributed by atoms with Crippen LogP contribution in [0.3, 0.4) is 0 Å². The number of aryl methyl sites for hydroxylation is 1. The number of nitrogens with zero attached hydrogens (tertiary/aromatic N) is 1. The van der Waals surface area contributed by atoms with Crippen molar-refractivity contribution in [3.05, 3.63) is 29.1 Å². The fourth-order valence-corrected chi connectivity index (χ4v) is 1.99.